The van der Waals surface area contributed by atoms with Gasteiger partial charge in [-0.15, -0.1) is 0 Å². The average Bonchev–Trinajstić information content (AvgIpc) is 3.06. The maximum Gasteiger partial charge on any atom is 0.251 e. The van der Waals surface area contributed by atoms with Crippen molar-refractivity contribution in [1.29, 1.82) is 0 Å². The van der Waals surface area contributed by atoms with Gasteiger partial charge in [-0.25, -0.2) is 0 Å². The minimum Gasteiger partial charge on any atom is -0.352 e. The lowest BCUT2D eigenvalue weighted by Crippen LogP contribution is -2.43. The number of aromatic nitrogens is 2. The molecule has 134 valence electrons. The van der Waals surface area contributed by atoms with E-state index in [1.807, 2.05) is 35.0 Å². The molecule has 0 radical (unpaired) electrons. The molecule has 1 aromatic heterocycles. The number of aromatic amines is 1. The van der Waals surface area contributed by atoms with Crippen molar-refractivity contribution in [3.63, 3.8) is 0 Å². The van der Waals surface area contributed by atoms with Crippen LogP contribution in [0.2, 0.25) is 0 Å². The van der Waals surface area contributed by atoms with Gasteiger partial charge >= 0.3 is 0 Å². The SMILES string of the molecule is CC(C)N1CCC[C@H](CNC(=O)c2ccc(-n3cc[nH]c3=S)cc2)C1. The van der Waals surface area contributed by atoms with E-state index in [-0.39, 0.29) is 5.91 Å². The summed E-state index contributed by atoms with van der Waals surface area (Å²) in [5.41, 5.74) is 1.63. The van der Waals surface area contributed by atoms with Crippen LogP contribution in [0.15, 0.2) is 36.7 Å². The molecular weight excluding hydrogens is 332 g/mol. The molecule has 3 rings (SSSR count). The number of imidazole rings is 1. The van der Waals surface area contributed by atoms with Crippen molar-refractivity contribution in [3.05, 3.63) is 47.0 Å². The van der Waals surface area contributed by atoms with Gasteiger partial charge in [-0.2, -0.15) is 0 Å². The number of likely N-dealkylation sites (tertiary alicyclic amines) is 1. The first kappa shape index (κ1) is 17.9. The van der Waals surface area contributed by atoms with Gasteiger partial charge in [-0.05, 0) is 75.6 Å². The average molecular weight is 359 g/mol. The largest absolute Gasteiger partial charge is 0.352 e. The Hall–Kier alpha value is -1.92. The van der Waals surface area contributed by atoms with Crippen LogP contribution in [0.3, 0.4) is 0 Å². The summed E-state index contributed by atoms with van der Waals surface area (Å²) in [4.78, 5) is 17.9. The van der Waals surface area contributed by atoms with Crippen LogP contribution in [0.25, 0.3) is 5.69 Å². The standard InChI is InChI=1S/C19H26N4OS/c1-14(2)22-10-3-4-15(13-22)12-21-18(24)16-5-7-17(8-6-16)23-11-9-20-19(23)25/h5-9,11,14-15H,3-4,10,12-13H2,1-2H3,(H,20,25)(H,21,24)/t15-/m1/s1. The molecule has 25 heavy (non-hydrogen) atoms. The van der Waals surface area contributed by atoms with Crippen LogP contribution in [0.1, 0.15) is 37.0 Å². The van der Waals surface area contributed by atoms with E-state index in [1.54, 1.807) is 6.20 Å². The highest BCUT2D eigenvalue weighted by Crippen LogP contribution is 2.18. The molecular formula is C19H26N4OS. The maximum absolute atomic E-state index is 12.4. The van der Waals surface area contributed by atoms with Crippen LogP contribution in [-0.4, -0.2) is 46.0 Å². The normalized spacial score (nSPS) is 18.4. The van der Waals surface area contributed by atoms with Crippen molar-refractivity contribution in [3.8, 4) is 5.69 Å². The first-order valence-electron chi connectivity index (χ1n) is 8.93. The number of benzene rings is 1. The molecule has 1 saturated heterocycles. The van der Waals surface area contributed by atoms with Gasteiger partial charge in [0, 0.05) is 42.8 Å². The summed E-state index contributed by atoms with van der Waals surface area (Å²) < 4.78 is 2.52. The Balaban J connectivity index is 1.56. The van der Waals surface area contributed by atoms with Gasteiger partial charge in [0.2, 0.25) is 0 Å². The summed E-state index contributed by atoms with van der Waals surface area (Å²) in [5, 5.41) is 3.09. The van der Waals surface area contributed by atoms with Crippen LogP contribution in [0.5, 0.6) is 0 Å². The monoisotopic (exact) mass is 358 g/mol. The quantitative estimate of drug-likeness (QED) is 0.806. The van der Waals surface area contributed by atoms with E-state index in [2.05, 4.69) is 29.0 Å². The highest BCUT2D eigenvalue weighted by molar-refractivity contribution is 7.71. The fourth-order valence-electron chi connectivity index (χ4n) is 3.37. The molecule has 2 aromatic rings. The molecule has 1 aliphatic heterocycles. The number of hydrogen-bond acceptors (Lipinski definition) is 3. The molecule has 0 aliphatic carbocycles. The van der Waals surface area contributed by atoms with Crippen molar-refractivity contribution in [2.75, 3.05) is 19.6 Å². The lowest BCUT2D eigenvalue weighted by atomic mass is 9.97. The number of H-pyrrole nitrogens is 1. The van der Waals surface area contributed by atoms with Gasteiger partial charge in [-0.3, -0.25) is 9.36 Å². The van der Waals surface area contributed by atoms with Crippen molar-refractivity contribution in [2.24, 2.45) is 5.92 Å². The van der Waals surface area contributed by atoms with Crippen molar-refractivity contribution in [1.82, 2.24) is 19.8 Å². The van der Waals surface area contributed by atoms with Crippen LogP contribution in [-0.2, 0) is 0 Å². The number of hydrogen-bond donors (Lipinski definition) is 2. The Morgan fingerprint density at radius 1 is 1.36 bits per heavy atom. The first-order chi connectivity index (χ1) is 12.0. The molecule has 0 spiro atoms. The number of rotatable bonds is 5. The van der Waals surface area contributed by atoms with Crippen molar-refractivity contribution < 1.29 is 4.79 Å². The van der Waals surface area contributed by atoms with Crippen LogP contribution in [0.4, 0.5) is 0 Å². The molecule has 1 amide bonds. The Bertz CT molecular complexity index is 762. The Kier molecular flexibility index (Phi) is 5.71. The zero-order chi connectivity index (χ0) is 17.8. The Labute approximate surface area is 154 Å². The summed E-state index contributed by atoms with van der Waals surface area (Å²) in [6.45, 7) is 7.46. The fourth-order valence-corrected chi connectivity index (χ4v) is 3.60. The van der Waals surface area contributed by atoms with E-state index >= 15 is 0 Å². The summed E-state index contributed by atoms with van der Waals surface area (Å²) >= 11 is 5.22. The topological polar surface area (TPSA) is 53.1 Å². The van der Waals surface area contributed by atoms with E-state index in [4.69, 9.17) is 12.2 Å². The smallest absolute Gasteiger partial charge is 0.251 e. The number of amides is 1. The van der Waals surface area contributed by atoms with Gasteiger partial charge in [0.25, 0.3) is 5.91 Å². The molecule has 0 bridgehead atoms. The Morgan fingerprint density at radius 2 is 2.12 bits per heavy atom. The summed E-state index contributed by atoms with van der Waals surface area (Å²) in [5.74, 6) is 0.531. The highest BCUT2D eigenvalue weighted by Gasteiger charge is 2.22. The van der Waals surface area contributed by atoms with Crippen LogP contribution >= 0.6 is 12.2 Å². The molecule has 0 saturated carbocycles. The molecule has 5 nitrogen and oxygen atoms in total. The van der Waals surface area contributed by atoms with Crippen molar-refractivity contribution >= 4 is 18.1 Å². The predicted molar refractivity (Wildman–Crippen MR) is 103 cm³/mol. The van der Waals surface area contributed by atoms with E-state index in [9.17, 15) is 4.79 Å². The van der Waals surface area contributed by atoms with E-state index in [1.165, 1.54) is 19.4 Å². The molecule has 2 N–H and O–H groups in total. The lowest BCUT2D eigenvalue weighted by molar-refractivity contribution is 0.0922. The third kappa shape index (κ3) is 4.38. The summed E-state index contributed by atoms with van der Waals surface area (Å²) in [7, 11) is 0. The zero-order valence-corrected chi connectivity index (χ0v) is 15.7. The third-order valence-electron chi connectivity index (χ3n) is 4.89. The number of nitrogens with one attached hydrogen (secondary N) is 2. The second kappa shape index (κ2) is 7.97. The lowest BCUT2D eigenvalue weighted by Gasteiger charge is -2.35. The fraction of sp³-hybridized carbons (Fsp3) is 0.474. The maximum atomic E-state index is 12.4. The molecule has 1 aliphatic rings. The van der Waals surface area contributed by atoms with Gasteiger partial charge < -0.3 is 15.2 Å². The van der Waals surface area contributed by atoms with Gasteiger partial charge in [0.1, 0.15) is 0 Å². The Morgan fingerprint density at radius 3 is 2.76 bits per heavy atom. The second-order valence-corrected chi connectivity index (χ2v) is 7.38. The number of nitrogens with zero attached hydrogens (tertiary/aromatic N) is 2. The van der Waals surface area contributed by atoms with Crippen LogP contribution in [0, 0.1) is 10.7 Å². The van der Waals surface area contributed by atoms with E-state index < -0.39 is 0 Å². The highest BCUT2D eigenvalue weighted by atomic mass is 32.1. The number of piperidine rings is 1. The second-order valence-electron chi connectivity index (χ2n) is 6.99. The summed E-state index contributed by atoms with van der Waals surface area (Å²) in [6, 6.07) is 8.10. The molecule has 2 heterocycles. The first-order valence-corrected chi connectivity index (χ1v) is 9.34. The zero-order valence-electron chi connectivity index (χ0n) is 14.9. The minimum atomic E-state index is -0.00844. The molecule has 1 aromatic carbocycles. The molecule has 0 unspecified atom stereocenters. The van der Waals surface area contributed by atoms with Gasteiger partial charge in [0.05, 0.1) is 0 Å². The van der Waals surface area contributed by atoms with Crippen molar-refractivity contribution in [2.45, 2.75) is 32.7 Å². The predicted octanol–water partition coefficient (Wildman–Crippen LogP) is 3.39. The minimum absolute atomic E-state index is 0.00844. The number of carbonyl (C=O) groups excluding carboxylic acids is 1. The summed E-state index contributed by atoms with van der Waals surface area (Å²) in [6.07, 6.45) is 6.08. The molecule has 1 fully saturated rings. The van der Waals surface area contributed by atoms with E-state index in [0.717, 1.165) is 18.8 Å². The third-order valence-corrected chi connectivity index (χ3v) is 5.20. The van der Waals surface area contributed by atoms with E-state index in [0.29, 0.717) is 22.3 Å². The van der Waals surface area contributed by atoms with Gasteiger partial charge in [-0.1, -0.05) is 0 Å². The molecule has 6 heteroatoms. The molecule has 1 atom stereocenters. The number of carbonyl (C=O) groups is 1. The van der Waals surface area contributed by atoms with Crippen LogP contribution < -0.4 is 5.32 Å². The van der Waals surface area contributed by atoms with Gasteiger partial charge in [0.15, 0.2) is 4.77 Å².